The molecule has 0 spiro atoms. The molecular weight excluding hydrogens is 408 g/mol. The summed E-state index contributed by atoms with van der Waals surface area (Å²) in [5.41, 5.74) is 3.65. The second-order valence-electron chi connectivity index (χ2n) is 7.39. The summed E-state index contributed by atoms with van der Waals surface area (Å²) in [6, 6.07) is 14.9. The van der Waals surface area contributed by atoms with Crippen molar-refractivity contribution < 1.29 is 9.59 Å². The number of benzene rings is 2. The second-order valence-corrected chi connectivity index (χ2v) is 8.39. The number of thiazole rings is 1. The van der Waals surface area contributed by atoms with Crippen LogP contribution in [0.15, 0.2) is 59.4 Å². The lowest BCUT2D eigenvalue weighted by atomic mass is 10.1. The first kappa shape index (κ1) is 19.5. The third-order valence-corrected chi connectivity index (χ3v) is 6.98. The summed E-state index contributed by atoms with van der Waals surface area (Å²) in [6.45, 7) is 4.96. The van der Waals surface area contributed by atoms with Crippen LogP contribution in [0, 0.1) is 0 Å². The van der Waals surface area contributed by atoms with Gasteiger partial charge < -0.3 is 4.90 Å². The van der Waals surface area contributed by atoms with Crippen LogP contribution >= 0.6 is 11.3 Å². The first-order valence-electron chi connectivity index (χ1n) is 10.3. The summed E-state index contributed by atoms with van der Waals surface area (Å²) in [5, 5.41) is 0. The molecule has 0 bridgehead atoms. The third-order valence-electron chi connectivity index (χ3n) is 5.77. The number of hydrogen-bond acceptors (Lipinski definition) is 5. The topological polar surface area (TPSA) is 59.4 Å². The number of fused-ring (bicyclic) bond motifs is 2. The van der Waals surface area contributed by atoms with Crippen molar-refractivity contribution in [1.29, 1.82) is 0 Å². The molecule has 0 unspecified atom stereocenters. The van der Waals surface area contributed by atoms with Crippen LogP contribution in [0.5, 0.6) is 0 Å². The summed E-state index contributed by atoms with van der Waals surface area (Å²) >= 11 is 1.23. The van der Waals surface area contributed by atoms with Gasteiger partial charge in [-0.15, -0.1) is 11.3 Å². The highest BCUT2D eigenvalue weighted by Gasteiger charge is 2.35. The maximum atomic E-state index is 13.4. The Morgan fingerprint density at radius 1 is 0.806 bits per heavy atom. The van der Waals surface area contributed by atoms with Gasteiger partial charge in [0.2, 0.25) is 11.6 Å². The summed E-state index contributed by atoms with van der Waals surface area (Å²) in [4.78, 5) is 41.6. The molecule has 2 heterocycles. The zero-order valence-electron chi connectivity index (χ0n) is 17.2. The molecule has 0 radical (unpaired) electrons. The Hall–Kier alpha value is -3.51. The van der Waals surface area contributed by atoms with E-state index in [0.717, 1.165) is 16.9 Å². The Bertz CT molecular complexity index is 1440. The van der Waals surface area contributed by atoms with E-state index >= 15 is 0 Å². The first-order valence-corrected chi connectivity index (χ1v) is 11.1. The van der Waals surface area contributed by atoms with Crippen LogP contribution in [0.1, 0.15) is 40.1 Å². The molecule has 6 heteroatoms. The molecule has 0 amide bonds. The molecule has 0 atom stereocenters. The quantitative estimate of drug-likeness (QED) is 0.630. The predicted molar refractivity (Wildman–Crippen MR) is 124 cm³/mol. The standard InChI is InChI=1S/C25H20N2O3S/c1-3-26-18-12-8-5-9-15(18)13-14-19(26)23-24(30)27(4-2)25(31-23)20-21(28)16-10-6-7-11-17(16)22(20)29/h5-14H,3-4H2,1-2H3. The van der Waals surface area contributed by atoms with Gasteiger partial charge in [-0.1, -0.05) is 48.5 Å². The lowest BCUT2D eigenvalue weighted by Gasteiger charge is -2.28. The number of Topliss-reactive ketones (excluding diaryl/α,β-unsaturated/α-hetero) is 2. The molecule has 0 saturated heterocycles. The molecule has 0 fully saturated rings. The number of likely N-dealkylation sites (N-methyl/N-ethyl adjacent to an activating group) is 1. The minimum absolute atomic E-state index is 0.0974. The fraction of sp³-hybridized carbons (Fsp3) is 0.160. The van der Waals surface area contributed by atoms with Crippen molar-refractivity contribution in [2.45, 2.75) is 20.4 Å². The molecular formula is C25H20N2O3S. The Labute approximate surface area is 182 Å². The van der Waals surface area contributed by atoms with Gasteiger partial charge in [0.1, 0.15) is 14.8 Å². The fourth-order valence-corrected chi connectivity index (χ4v) is 5.58. The number of rotatable bonds is 2. The summed E-state index contributed by atoms with van der Waals surface area (Å²) < 4.78 is 2.52. The number of ketones is 2. The molecule has 154 valence electrons. The van der Waals surface area contributed by atoms with Crippen LogP contribution in [0.2, 0.25) is 0 Å². The predicted octanol–water partition coefficient (Wildman–Crippen LogP) is 2.82. The molecule has 0 saturated carbocycles. The van der Waals surface area contributed by atoms with E-state index < -0.39 is 0 Å². The first-order chi connectivity index (χ1) is 15.1. The van der Waals surface area contributed by atoms with E-state index in [1.807, 2.05) is 50.3 Å². The molecule has 1 aliphatic carbocycles. The largest absolute Gasteiger partial charge is 0.340 e. The SMILES string of the molecule is CCN1C(=c2sc(=C3C(=O)c4ccccc4C3=O)n(CC)c2=O)C=Cc2ccccc21. The average Bonchev–Trinajstić information content (AvgIpc) is 3.26. The van der Waals surface area contributed by atoms with Gasteiger partial charge in [-0.25, -0.2) is 0 Å². The molecule has 1 aromatic heterocycles. The number of carbonyl (C=O) groups excluding carboxylic acids is 2. The highest BCUT2D eigenvalue weighted by Crippen LogP contribution is 2.30. The number of para-hydroxylation sites is 1. The minimum atomic E-state index is -0.308. The molecule has 1 aliphatic heterocycles. The lowest BCUT2D eigenvalue weighted by Crippen LogP contribution is -2.36. The van der Waals surface area contributed by atoms with E-state index in [1.165, 1.54) is 11.3 Å². The smallest absolute Gasteiger partial charge is 0.271 e. The van der Waals surface area contributed by atoms with Gasteiger partial charge in [0, 0.05) is 29.9 Å². The summed E-state index contributed by atoms with van der Waals surface area (Å²) in [5.74, 6) is -0.616. The summed E-state index contributed by atoms with van der Waals surface area (Å²) in [6.07, 6.45) is 3.95. The van der Waals surface area contributed by atoms with E-state index in [4.69, 9.17) is 0 Å². The molecule has 2 aromatic carbocycles. The van der Waals surface area contributed by atoms with Crippen molar-refractivity contribution in [3.8, 4) is 0 Å². The van der Waals surface area contributed by atoms with E-state index in [-0.39, 0.29) is 22.7 Å². The Kier molecular flexibility index (Phi) is 4.59. The van der Waals surface area contributed by atoms with Gasteiger partial charge in [0.25, 0.3) is 5.56 Å². The van der Waals surface area contributed by atoms with E-state index in [2.05, 4.69) is 4.90 Å². The van der Waals surface area contributed by atoms with Crippen LogP contribution in [0.4, 0.5) is 5.69 Å². The number of nitrogens with zero attached hydrogens (tertiary/aromatic N) is 2. The van der Waals surface area contributed by atoms with Crippen LogP contribution in [0.3, 0.4) is 0 Å². The summed E-state index contributed by atoms with van der Waals surface area (Å²) in [7, 11) is 0. The number of anilines is 1. The second kappa shape index (κ2) is 7.32. The van der Waals surface area contributed by atoms with Gasteiger partial charge in [0.05, 0.1) is 5.70 Å². The molecule has 5 nitrogen and oxygen atoms in total. The molecule has 2 aliphatic rings. The van der Waals surface area contributed by atoms with Crippen LogP contribution < -0.4 is 19.7 Å². The van der Waals surface area contributed by atoms with Crippen LogP contribution in [-0.4, -0.2) is 22.7 Å². The van der Waals surface area contributed by atoms with Crippen molar-refractivity contribution in [1.82, 2.24) is 4.57 Å². The van der Waals surface area contributed by atoms with Crippen molar-refractivity contribution in [2.75, 3.05) is 11.4 Å². The minimum Gasteiger partial charge on any atom is -0.340 e. The van der Waals surface area contributed by atoms with Gasteiger partial charge in [0.15, 0.2) is 0 Å². The van der Waals surface area contributed by atoms with Crippen LogP contribution in [0.25, 0.3) is 17.3 Å². The zero-order valence-corrected chi connectivity index (χ0v) is 18.0. The fourth-order valence-electron chi connectivity index (χ4n) is 4.29. The number of carbonyl (C=O) groups is 2. The van der Waals surface area contributed by atoms with Crippen molar-refractivity contribution in [3.63, 3.8) is 0 Å². The highest BCUT2D eigenvalue weighted by atomic mass is 32.1. The van der Waals surface area contributed by atoms with Crippen molar-refractivity contribution >= 4 is 45.9 Å². The Morgan fingerprint density at radius 2 is 1.45 bits per heavy atom. The molecule has 5 rings (SSSR count). The van der Waals surface area contributed by atoms with Gasteiger partial charge in [-0.2, -0.15) is 0 Å². The van der Waals surface area contributed by atoms with Crippen molar-refractivity contribution in [3.05, 3.63) is 90.8 Å². The maximum Gasteiger partial charge on any atom is 0.271 e. The monoisotopic (exact) mass is 428 g/mol. The molecule has 0 N–H and O–H groups in total. The van der Waals surface area contributed by atoms with E-state index in [9.17, 15) is 14.4 Å². The van der Waals surface area contributed by atoms with Crippen LogP contribution in [-0.2, 0) is 6.54 Å². The number of hydrogen-bond donors (Lipinski definition) is 0. The Balaban J connectivity index is 1.84. The number of aromatic nitrogens is 1. The molecule has 3 aromatic rings. The third kappa shape index (κ3) is 2.79. The average molecular weight is 429 g/mol. The van der Waals surface area contributed by atoms with E-state index in [0.29, 0.717) is 33.4 Å². The van der Waals surface area contributed by atoms with Crippen molar-refractivity contribution in [2.24, 2.45) is 0 Å². The van der Waals surface area contributed by atoms with Gasteiger partial charge in [-0.05, 0) is 31.6 Å². The zero-order chi connectivity index (χ0) is 21.7. The maximum absolute atomic E-state index is 13.4. The van der Waals surface area contributed by atoms with E-state index in [1.54, 1.807) is 28.8 Å². The lowest BCUT2D eigenvalue weighted by molar-refractivity contribution is 0.102. The normalized spacial score (nSPS) is 16.7. The molecule has 31 heavy (non-hydrogen) atoms. The van der Waals surface area contributed by atoms with Gasteiger partial charge in [-0.3, -0.25) is 19.0 Å². The van der Waals surface area contributed by atoms with Gasteiger partial charge >= 0.3 is 0 Å². The Morgan fingerprint density at radius 3 is 2.10 bits per heavy atom. The highest BCUT2D eigenvalue weighted by molar-refractivity contribution is 7.08.